The zero-order chi connectivity index (χ0) is 14.4. The fraction of sp³-hybridized carbons (Fsp3) is 0.647. The minimum atomic E-state index is 0.350. The monoisotopic (exact) mass is 276 g/mol. The zero-order valence-corrected chi connectivity index (χ0v) is 12.8. The van der Waals surface area contributed by atoms with Crippen molar-refractivity contribution in [3.63, 3.8) is 0 Å². The average molecular weight is 276 g/mol. The molecule has 1 aromatic carbocycles. The van der Waals surface area contributed by atoms with Crippen LogP contribution in [0.4, 0.5) is 0 Å². The molecule has 0 radical (unpaired) electrons. The van der Waals surface area contributed by atoms with Crippen molar-refractivity contribution in [2.75, 3.05) is 19.6 Å². The zero-order valence-electron chi connectivity index (χ0n) is 12.8. The molecule has 112 valence electrons. The number of hydrogen-bond donors (Lipinski definition) is 2. The Balaban J connectivity index is 1.87. The van der Waals surface area contributed by atoms with E-state index in [1.807, 2.05) is 12.1 Å². The van der Waals surface area contributed by atoms with Crippen LogP contribution in [0.1, 0.15) is 38.7 Å². The summed E-state index contributed by atoms with van der Waals surface area (Å²) in [5, 5.41) is 13.0. The predicted octanol–water partition coefficient (Wildman–Crippen LogP) is 2.99. The molecule has 0 aliphatic carbocycles. The summed E-state index contributed by atoms with van der Waals surface area (Å²) in [6, 6.07) is 8.28. The standard InChI is InChI=1S/C17H28N2O/c1-14(2)11-18-12-16-5-3-4-10-19(16)13-15-6-8-17(20)9-7-15/h6-9,14,16,18,20H,3-5,10-13H2,1-2H3. The van der Waals surface area contributed by atoms with E-state index in [1.54, 1.807) is 12.1 Å². The summed E-state index contributed by atoms with van der Waals surface area (Å²) in [6.07, 6.45) is 3.95. The smallest absolute Gasteiger partial charge is 0.115 e. The molecule has 1 atom stereocenters. The van der Waals surface area contributed by atoms with E-state index in [2.05, 4.69) is 24.1 Å². The van der Waals surface area contributed by atoms with Crippen molar-refractivity contribution in [3.8, 4) is 5.75 Å². The van der Waals surface area contributed by atoms with Gasteiger partial charge in [0.1, 0.15) is 5.75 Å². The Morgan fingerprint density at radius 1 is 1.25 bits per heavy atom. The molecule has 1 unspecified atom stereocenters. The van der Waals surface area contributed by atoms with Gasteiger partial charge in [0.2, 0.25) is 0 Å². The second kappa shape index (κ2) is 7.65. The number of piperidine rings is 1. The van der Waals surface area contributed by atoms with Crippen molar-refractivity contribution >= 4 is 0 Å². The van der Waals surface area contributed by atoms with Crippen molar-refractivity contribution in [3.05, 3.63) is 29.8 Å². The molecule has 1 aliphatic rings. The number of rotatable bonds is 6. The Hall–Kier alpha value is -1.06. The van der Waals surface area contributed by atoms with E-state index in [1.165, 1.54) is 31.4 Å². The molecule has 1 fully saturated rings. The van der Waals surface area contributed by atoms with E-state index in [4.69, 9.17) is 0 Å². The summed E-state index contributed by atoms with van der Waals surface area (Å²) < 4.78 is 0. The molecular weight excluding hydrogens is 248 g/mol. The van der Waals surface area contributed by atoms with E-state index >= 15 is 0 Å². The van der Waals surface area contributed by atoms with Crippen LogP contribution >= 0.6 is 0 Å². The van der Waals surface area contributed by atoms with Crippen LogP contribution < -0.4 is 5.32 Å². The highest BCUT2D eigenvalue weighted by atomic mass is 16.3. The highest BCUT2D eigenvalue weighted by Crippen LogP contribution is 2.20. The summed E-state index contributed by atoms with van der Waals surface area (Å²) in [5.74, 6) is 1.06. The van der Waals surface area contributed by atoms with Crippen molar-refractivity contribution in [2.24, 2.45) is 5.92 Å². The number of phenols is 1. The van der Waals surface area contributed by atoms with E-state index in [0.29, 0.717) is 17.7 Å². The third kappa shape index (κ3) is 4.80. The summed E-state index contributed by atoms with van der Waals surface area (Å²) in [6.45, 7) is 8.88. The minimum Gasteiger partial charge on any atom is -0.508 e. The lowest BCUT2D eigenvalue weighted by atomic mass is 10.0. The van der Waals surface area contributed by atoms with Crippen LogP contribution in [0.25, 0.3) is 0 Å². The second-order valence-corrected chi connectivity index (χ2v) is 6.34. The minimum absolute atomic E-state index is 0.350. The fourth-order valence-electron chi connectivity index (χ4n) is 2.87. The molecule has 3 nitrogen and oxygen atoms in total. The molecule has 0 bridgehead atoms. The van der Waals surface area contributed by atoms with Gasteiger partial charge in [-0.25, -0.2) is 0 Å². The van der Waals surface area contributed by atoms with Gasteiger partial charge in [-0.1, -0.05) is 32.4 Å². The molecule has 0 spiro atoms. The van der Waals surface area contributed by atoms with Gasteiger partial charge in [-0.2, -0.15) is 0 Å². The fourth-order valence-corrected chi connectivity index (χ4v) is 2.87. The summed E-state index contributed by atoms with van der Waals surface area (Å²) in [4.78, 5) is 2.59. The molecule has 0 aromatic heterocycles. The van der Waals surface area contributed by atoms with Crippen molar-refractivity contribution < 1.29 is 5.11 Å². The Morgan fingerprint density at radius 3 is 2.70 bits per heavy atom. The van der Waals surface area contributed by atoms with Gasteiger partial charge in [-0.3, -0.25) is 4.90 Å². The molecule has 3 heteroatoms. The van der Waals surface area contributed by atoms with E-state index in [0.717, 1.165) is 19.6 Å². The summed E-state index contributed by atoms with van der Waals surface area (Å²) in [7, 11) is 0. The van der Waals surface area contributed by atoms with Gasteiger partial charge in [-0.15, -0.1) is 0 Å². The third-order valence-corrected chi connectivity index (χ3v) is 4.00. The lowest BCUT2D eigenvalue weighted by Crippen LogP contribution is -2.45. The maximum atomic E-state index is 9.36. The van der Waals surface area contributed by atoms with Crippen LogP contribution in [0.2, 0.25) is 0 Å². The van der Waals surface area contributed by atoms with Crippen LogP contribution in [0.15, 0.2) is 24.3 Å². The summed E-state index contributed by atoms with van der Waals surface area (Å²) >= 11 is 0. The van der Waals surface area contributed by atoms with Gasteiger partial charge in [0.25, 0.3) is 0 Å². The van der Waals surface area contributed by atoms with Gasteiger partial charge >= 0.3 is 0 Å². The molecule has 1 aliphatic heterocycles. The quantitative estimate of drug-likeness (QED) is 0.838. The Kier molecular flexibility index (Phi) is 5.86. The predicted molar refractivity (Wildman–Crippen MR) is 83.9 cm³/mol. The third-order valence-electron chi connectivity index (χ3n) is 4.00. The largest absolute Gasteiger partial charge is 0.508 e. The SMILES string of the molecule is CC(C)CNCC1CCCCN1Cc1ccc(O)cc1. The Morgan fingerprint density at radius 2 is 2.00 bits per heavy atom. The number of nitrogens with zero attached hydrogens (tertiary/aromatic N) is 1. The number of nitrogens with one attached hydrogen (secondary N) is 1. The highest BCUT2D eigenvalue weighted by molar-refractivity contribution is 5.25. The molecule has 2 N–H and O–H groups in total. The number of likely N-dealkylation sites (tertiary alicyclic amines) is 1. The van der Waals surface area contributed by atoms with Crippen LogP contribution in [-0.4, -0.2) is 35.7 Å². The molecule has 2 rings (SSSR count). The highest BCUT2D eigenvalue weighted by Gasteiger charge is 2.21. The van der Waals surface area contributed by atoms with E-state index in [9.17, 15) is 5.11 Å². The lowest BCUT2D eigenvalue weighted by molar-refractivity contribution is 0.137. The number of benzene rings is 1. The van der Waals surface area contributed by atoms with Crippen LogP contribution in [-0.2, 0) is 6.54 Å². The first-order chi connectivity index (χ1) is 9.65. The first-order valence-corrected chi connectivity index (χ1v) is 7.88. The van der Waals surface area contributed by atoms with E-state index in [-0.39, 0.29) is 0 Å². The van der Waals surface area contributed by atoms with Crippen LogP contribution in [0.3, 0.4) is 0 Å². The molecular formula is C17H28N2O. The number of hydrogen-bond acceptors (Lipinski definition) is 3. The Labute approximate surface area is 123 Å². The molecule has 1 aromatic rings. The first-order valence-electron chi connectivity index (χ1n) is 7.88. The average Bonchev–Trinajstić information content (AvgIpc) is 2.43. The molecule has 20 heavy (non-hydrogen) atoms. The lowest BCUT2D eigenvalue weighted by Gasteiger charge is -2.36. The number of phenolic OH excluding ortho intramolecular Hbond substituents is 1. The van der Waals surface area contributed by atoms with Crippen molar-refractivity contribution in [1.29, 1.82) is 0 Å². The van der Waals surface area contributed by atoms with Crippen LogP contribution in [0, 0.1) is 5.92 Å². The van der Waals surface area contributed by atoms with Crippen LogP contribution in [0.5, 0.6) is 5.75 Å². The molecule has 0 amide bonds. The van der Waals surface area contributed by atoms with Gasteiger partial charge in [0, 0.05) is 19.1 Å². The van der Waals surface area contributed by atoms with Crippen molar-refractivity contribution in [2.45, 2.75) is 45.7 Å². The van der Waals surface area contributed by atoms with Gasteiger partial charge < -0.3 is 10.4 Å². The molecule has 0 saturated carbocycles. The van der Waals surface area contributed by atoms with Gasteiger partial charge in [0.05, 0.1) is 0 Å². The maximum Gasteiger partial charge on any atom is 0.115 e. The second-order valence-electron chi connectivity index (χ2n) is 6.34. The van der Waals surface area contributed by atoms with Crippen molar-refractivity contribution in [1.82, 2.24) is 10.2 Å². The van der Waals surface area contributed by atoms with E-state index < -0.39 is 0 Å². The number of aromatic hydroxyl groups is 1. The summed E-state index contributed by atoms with van der Waals surface area (Å²) in [5.41, 5.74) is 1.29. The topological polar surface area (TPSA) is 35.5 Å². The molecule has 1 saturated heterocycles. The van der Waals surface area contributed by atoms with Gasteiger partial charge in [0.15, 0.2) is 0 Å². The van der Waals surface area contributed by atoms with Gasteiger partial charge in [-0.05, 0) is 49.5 Å². The first kappa shape index (κ1) is 15.3. The maximum absolute atomic E-state index is 9.36. The normalized spacial score (nSPS) is 20.4. The molecule has 1 heterocycles. The Bertz CT molecular complexity index is 388.